The zero-order valence-electron chi connectivity index (χ0n) is 14.7. The van der Waals surface area contributed by atoms with Gasteiger partial charge in [-0.15, -0.1) is 0 Å². The lowest BCUT2D eigenvalue weighted by molar-refractivity contribution is 0.151. The molecule has 1 aromatic heterocycles. The molecule has 2 N–H and O–H groups in total. The number of anilines is 1. The molecule has 3 rings (SSSR count). The Balaban J connectivity index is 1.66. The third-order valence-electron chi connectivity index (χ3n) is 4.98. The molecule has 4 nitrogen and oxygen atoms in total. The molecule has 1 fully saturated rings. The van der Waals surface area contributed by atoms with Crippen molar-refractivity contribution < 1.29 is 5.11 Å². The minimum Gasteiger partial charge on any atom is -0.395 e. The summed E-state index contributed by atoms with van der Waals surface area (Å²) in [6.45, 7) is 6.51. The van der Waals surface area contributed by atoms with Gasteiger partial charge in [0, 0.05) is 29.9 Å². The zero-order valence-corrected chi connectivity index (χ0v) is 14.7. The highest BCUT2D eigenvalue weighted by atomic mass is 16.3. The Hall–Kier alpha value is -1.65. The van der Waals surface area contributed by atoms with E-state index in [0.29, 0.717) is 5.92 Å². The van der Waals surface area contributed by atoms with Gasteiger partial charge >= 0.3 is 0 Å². The number of nitrogens with one attached hydrogen (secondary N) is 1. The zero-order chi connectivity index (χ0) is 16.8. The Morgan fingerprint density at radius 3 is 2.79 bits per heavy atom. The number of piperidine rings is 1. The SMILES string of the molecule is CCCc1cc(NCC2CCN(CCO)CC2)c2ccccc2n1. The highest BCUT2D eigenvalue weighted by Gasteiger charge is 2.18. The largest absolute Gasteiger partial charge is 0.395 e. The molecule has 2 aromatic rings. The number of likely N-dealkylation sites (tertiary alicyclic amines) is 1. The molecule has 0 unspecified atom stereocenters. The summed E-state index contributed by atoms with van der Waals surface area (Å²) in [5.74, 6) is 0.710. The Bertz CT molecular complexity index is 650. The van der Waals surface area contributed by atoms with Crippen LogP contribution in [0.4, 0.5) is 5.69 Å². The molecule has 130 valence electrons. The topological polar surface area (TPSA) is 48.4 Å². The lowest BCUT2D eigenvalue weighted by Gasteiger charge is -2.31. The van der Waals surface area contributed by atoms with E-state index in [1.165, 1.54) is 29.6 Å². The molecule has 2 heterocycles. The number of rotatable bonds is 7. The van der Waals surface area contributed by atoms with Gasteiger partial charge in [-0.25, -0.2) is 0 Å². The maximum atomic E-state index is 9.05. The van der Waals surface area contributed by atoms with E-state index in [2.05, 4.69) is 47.5 Å². The van der Waals surface area contributed by atoms with Gasteiger partial charge in [-0.2, -0.15) is 0 Å². The monoisotopic (exact) mass is 327 g/mol. The van der Waals surface area contributed by atoms with Crippen LogP contribution in [0.2, 0.25) is 0 Å². The van der Waals surface area contributed by atoms with Crippen molar-refractivity contribution >= 4 is 16.6 Å². The third kappa shape index (κ3) is 4.25. The number of nitrogens with zero attached hydrogens (tertiary/aromatic N) is 2. The fraction of sp³-hybridized carbons (Fsp3) is 0.550. The molecule has 0 aliphatic carbocycles. The van der Waals surface area contributed by atoms with Crippen LogP contribution in [0.1, 0.15) is 31.9 Å². The summed E-state index contributed by atoms with van der Waals surface area (Å²) in [7, 11) is 0. The maximum absolute atomic E-state index is 9.05. The second-order valence-electron chi connectivity index (χ2n) is 6.82. The van der Waals surface area contributed by atoms with Crippen LogP contribution in [0.15, 0.2) is 30.3 Å². The first-order chi connectivity index (χ1) is 11.8. The number of para-hydroxylation sites is 1. The number of β-amino-alcohol motifs (C(OH)–C–C–N with tert-alkyl or cyclic N) is 1. The van der Waals surface area contributed by atoms with Crippen molar-refractivity contribution in [1.29, 1.82) is 0 Å². The van der Waals surface area contributed by atoms with Gasteiger partial charge < -0.3 is 15.3 Å². The van der Waals surface area contributed by atoms with Gasteiger partial charge in [-0.05, 0) is 50.4 Å². The second kappa shape index (κ2) is 8.45. The Kier molecular flexibility index (Phi) is 6.05. The average Bonchev–Trinajstić information content (AvgIpc) is 2.61. The number of aryl methyl sites for hydroxylation is 1. The van der Waals surface area contributed by atoms with Crippen LogP contribution in [-0.2, 0) is 6.42 Å². The van der Waals surface area contributed by atoms with E-state index in [9.17, 15) is 0 Å². The number of hydrogen-bond acceptors (Lipinski definition) is 4. The average molecular weight is 327 g/mol. The molecule has 24 heavy (non-hydrogen) atoms. The lowest BCUT2D eigenvalue weighted by Crippen LogP contribution is -2.37. The number of aliphatic hydroxyl groups excluding tert-OH is 1. The molecule has 0 spiro atoms. The van der Waals surface area contributed by atoms with Gasteiger partial charge in [-0.1, -0.05) is 31.5 Å². The van der Waals surface area contributed by atoms with Crippen LogP contribution in [0.5, 0.6) is 0 Å². The minimum atomic E-state index is 0.270. The fourth-order valence-electron chi connectivity index (χ4n) is 3.57. The number of hydrogen-bond donors (Lipinski definition) is 2. The first-order valence-corrected chi connectivity index (χ1v) is 9.26. The summed E-state index contributed by atoms with van der Waals surface area (Å²) in [6, 6.07) is 10.6. The van der Waals surface area contributed by atoms with Crippen LogP contribution < -0.4 is 5.32 Å². The summed E-state index contributed by atoms with van der Waals surface area (Å²) in [6.07, 6.45) is 4.56. The van der Waals surface area contributed by atoms with E-state index in [-0.39, 0.29) is 6.61 Å². The highest BCUT2D eigenvalue weighted by Crippen LogP contribution is 2.25. The molecular weight excluding hydrogens is 298 g/mol. The number of fused-ring (bicyclic) bond motifs is 1. The number of benzene rings is 1. The summed E-state index contributed by atoms with van der Waals surface area (Å²) in [4.78, 5) is 7.14. The summed E-state index contributed by atoms with van der Waals surface area (Å²) < 4.78 is 0. The summed E-state index contributed by atoms with van der Waals surface area (Å²) in [5.41, 5.74) is 3.49. The first kappa shape index (κ1) is 17.2. The molecule has 1 aliphatic rings. The molecule has 0 atom stereocenters. The number of pyridine rings is 1. The van der Waals surface area contributed by atoms with E-state index < -0.39 is 0 Å². The van der Waals surface area contributed by atoms with E-state index in [0.717, 1.165) is 44.5 Å². The fourth-order valence-corrected chi connectivity index (χ4v) is 3.57. The standard InChI is InChI=1S/C20H29N3O/c1-2-5-17-14-20(18-6-3-4-7-19(18)22-17)21-15-16-8-10-23(11-9-16)12-13-24/h3-4,6-7,14,16,24H,2,5,8-13,15H2,1H3,(H,21,22). The molecule has 0 saturated carbocycles. The van der Waals surface area contributed by atoms with E-state index >= 15 is 0 Å². The highest BCUT2D eigenvalue weighted by molar-refractivity contribution is 5.91. The van der Waals surface area contributed by atoms with Crippen LogP contribution in [0.25, 0.3) is 10.9 Å². The molecule has 0 bridgehead atoms. The van der Waals surface area contributed by atoms with Gasteiger partial charge in [0.1, 0.15) is 0 Å². The van der Waals surface area contributed by atoms with Crippen molar-refractivity contribution in [3.05, 3.63) is 36.0 Å². The molecule has 0 radical (unpaired) electrons. The third-order valence-corrected chi connectivity index (χ3v) is 4.98. The minimum absolute atomic E-state index is 0.270. The van der Waals surface area contributed by atoms with E-state index in [1.54, 1.807) is 0 Å². The van der Waals surface area contributed by atoms with Gasteiger partial charge in [-0.3, -0.25) is 4.98 Å². The van der Waals surface area contributed by atoms with Crippen LogP contribution in [0, 0.1) is 5.92 Å². The van der Waals surface area contributed by atoms with Crippen molar-refractivity contribution in [2.75, 3.05) is 38.1 Å². The van der Waals surface area contributed by atoms with Gasteiger partial charge in [0.05, 0.1) is 12.1 Å². The lowest BCUT2D eigenvalue weighted by atomic mass is 9.96. The first-order valence-electron chi connectivity index (χ1n) is 9.26. The van der Waals surface area contributed by atoms with Crippen LogP contribution >= 0.6 is 0 Å². The molecule has 1 aromatic carbocycles. The maximum Gasteiger partial charge on any atom is 0.0726 e. The van der Waals surface area contributed by atoms with Crippen molar-refractivity contribution in [3.63, 3.8) is 0 Å². The second-order valence-corrected chi connectivity index (χ2v) is 6.82. The van der Waals surface area contributed by atoms with Gasteiger partial charge in [0.2, 0.25) is 0 Å². The van der Waals surface area contributed by atoms with E-state index in [1.807, 2.05) is 0 Å². The molecule has 1 saturated heterocycles. The Labute approximate surface area is 144 Å². The molecule has 4 heteroatoms. The summed E-state index contributed by atoms with van der Waals surface area (Å²) in [5, 5.41) is 14.0. The molecule has 1 aliphatic heterocycles. The number of aromatic nitrogens is 1. The molecule has 0 amide bonds. The van der Waals surface area contributed by atoms with Crippen molar-refractivity contribution in [1.82, 2.24) is 9.88 Å². The smallest absolute Gasteiger partial charge is 0.0726 e. The van der Waals surface area contributed by atoms with Crippen LogP contribution in [-0.4, -0.2) is 47.8 Å². The molecular formula is C20H29N3O. The van der Waals surface area contributed by atoms with Crippen molar-refractivity contribution in [2.45, 2.75) is 32.6 Å². The van der Waals surface area contributed by atoms with Crippen LogP contribution in [0.3, 0.4) is 0 Å². The van der Waals surface area contributed by atoms with E-state index in [4.69, 9.17) is 10.1 Å². The van der Waals surface area contributed by atoms with Gasteiger partial charge in [0.25, 0.3) is 0 Å². The Morgan fingerprint density at radius 1 is 1.25 bits per heavy atom. The van der Waals surface area contributed by atoms with Crippen molar-refractivity contribution in [3.8, 4) is 0 Å². The van der Waals surface area contributed by atoms with Crippen molar-refractivity contribution in [2.24, 2.45) is 5.92 Å². The van der Waals surface area contributed by atoms with Gasteiger partial charge in [0.15, 0.2) is 0 Å². The predicted molar refractivity (Wildman–Crippen MR) is 100 cm³/mol. The Morgan fingerprint density at radius 2 is 2.04 bits per heavy atom. The summed E-state index contributed by atoms with van der Waals surface area (Å²) >= 11 is 0. The quantitative estimate of drug-likeness (QED) is 0.819. The normalized spacial score (nSPS) is 16.6. The predicted octanol–water partition coefficient (Wildman–Crippen LogP) is 3.30. The number of aliphatic hydroxyl groups is 1.